The summed E-state index contributed by atoms with van der Waals surface area (Å²) in [6.07, 6.45) is 3.66. The van der Waals surface area contributed by atoms with E-state index in [2.05, 4.69) is 5.32 Å². The lowest BCUT2D eigenvalue weighted by Gasteiger charge is -2.23. The van der Waals surface area contributed by atoms with Crippen molar-refractivity contribution in [3.63, 3.8) is 0 Å². The first-order valence-electron chi connectivity index (χ1n) is 5.87. The third-order valence-electron chi connectivity index (χ3n) is 2.92. The summed E-state index contributed by atoms with van der Waals surface area (Å²) < 4.78 is 19.1. The van der Waals surface area contributed by atoms with Crippen LogP contribution in [0, 0.1) is 12.7 Å². The Morgan fingerprint density at radius 2 is 2.31 bits per heavy atom. The minimum Gasteiger partial charge on any atom is -0.380 e. The molecule has 1 heterocycles. The molecule has 2 nitrogen and oxygen atoms in total. The van der Waals surface area contributed by atoms with Crippen molar-refractivity contribution in [1.29, 1.82) is 0 Å². The lowest BCUT2D eigenvalue weighted by Crippen LogP contribution is -2.27. The second kappa shape index (κ2) is 5.30. The Morgan fingerprint density at radius 1 is 1.44 bits per heavy atom. The standard InChI is InChI=1S/C13H18FNO/c1-10-5-6-13(12(14)8-10)15-9-11-4-2-3-7-16-11/h5-6,8,11,15H,2-4,7,9H2,1H3. The Bertz CT molecular complexity index is 348. The molecule has 1 atom stereocenters. The molecule has 0 amide bonds. The van der Waals surface area contributed by atoms with Gasteiger partial charge in [0.15, 0.2) is 0 Å². The van der Waals surface area contributed by atoms with Crippen molar-refractivity contribution in [2.75, 3.05) is 18.5 Å². The van der Waals surface area contributed by atoms with Gasteiger partial charge in [0.25, 0.3) is 0 Å². The molecule has 2 rings (SSSR count). The van der Waals surface area contributed by atoms with Crippen LogP contribution in [0.1, 0.15) is 24.8 Å². The molecule has 1 aromatic rings. The number of hydrogen-bond acceptors (Lipinski definition) is 2. The van der Waals surface area contributed by atoms with E-state index in [0.29, 0.717) is 12.2 Å². The Hall–Kier alpha value is -1.09. The van der Waals surface area contributed by atoms with Crippen LogP contribution in [0.5, 0.6) is 0 Å². The third-order valence-corrected chi connectivity index (χ3v) is 2.92. The van der Waals surface area contributed by atoms with Crippen LogP contribution in [0.15, 0.2) is 18.2 Å². The van der Waals surface area contributed by atoms with Crippen molar-refractivity contribution < 1.29 is 9.13 Å². The monoisotopic (exact) mass is 223 g/mol. The number of benzene rings is 1. The lowest BCUT2D eigenvalue weighted by atomic mass is 10.1. The molecular weight excluding hydrogens is 205 g/mol. The van der Waals surface area contributed by atoms with Crippen LogP contribution in [0.2, 0.25) is 0 Å². The number of halogens is 1. The first kappa shape index (κ1) is 11.4. The van der Waals surface area contributed by atoms with Crippen LogP contribution in [-0.2, 0) is 4.74 Å². The molecule has 1 saturated heterocycles. The summed E-state index contributed by atoms with van der Waals surface area (Å²) in [6.45, 7) is 3.42. The summed E-state index contributed by atoms with van der Waals surface area (Å²) in [4.78, 5) is 0. The quantitative estimate of drug-likeness (QED) is 0.850. The lowest BCUT2D eigenvalue weighted by molar-refractivity contribution is 0.0247. The van der Waals surface area contributed by atoms with Gasteiger partial charge in [-0.3, -0.25) is 0 Å². The molecule has 16 heavy (non-hydrogen) atoms. The van der Waals surface area contributed by atoms with Crippen LogP contribution < -0.4 is 5.32 Å². The van der Waals surface area contributed by atoms with E-state index in [-0.39, 0.29) is 11.9 Å². The molecule has 1 aromatic carbocycles. The predicted molar refractivity (Wildman–Crippen MR) is 63.2 cm³/mol. The molecule has 1 aliphatic rings. The van der Waals surface area contributed by atoms with Gasteiger partial charge in [-0.1, -0.05) is 6.07 Å². The molecule has 1 fully saturated rings. The van der Waals surface area contributed by atoms with Gasteiger partial charge in [-0.05, 0) is 43.9 Å². The van der Waals surface area contributed by atoms with E-state index in [4.69, 9.17) is 4.74 Å². The van der Waals surface area contributed by atoms with Gasteiger partial charge in [0, 0.05) is 13.2 Å². The fourth-order valence-corrected chi connectivity index (χ4v) is 1.96. The average molecular weight is 223 g/mol. The summed E-state index contributed by atoms with van der Waals surface area (Å²) in [6, 6.07) is 5.24. The van der Waals surface area contributed by atoms with Crippen LogP contribution in [0.4, 0.5) is 10.1 Å². The molecule has 0 bridgehead atoms. The van der Waals surface area contributed by atoms with Crippen molar-refractivity contribution in [3.8, 4) is 0 Å². The zero-order chi connectivity index (χ0) is 11.4. The first-order chi connectivity index (χ1) is 7.75. The maximum Gasteiger partial charge on any atom is 0.146 e. The summed E-state index contributed by atoms with van der Waals surface area (Å²) >= 11 is 0. The van der Waals surface area contributed by atoms with Gasteiger partial charge in [0.2, 0.25) is 0 Å². The minimum atomic E-state index is -0.184. The van der Waals surface area contributed by atoms with Crippen molar-refractivity contribution in [3.05, 3.63) is 29.6 Å². The number of anilines is 1. The highest BCUT2D eigenvalue weighted by molar-refractivity contribution is 5.46. The highest BCUT2D eigenvalue weighted by Gasteiger charge is 2.13. The number of nitrogens with one attached hydrogen (secondary N) is 1. The summed E-state index contributed by atoms with van der Waals surface area (Å²) in [5.41, 5.74) is 1.51. The van der Waals surface area contributed by atoms with Gasteiger partial charge in [-0.2, -0.15) is 0 Å². The Morgan fingerprint density at radius 3 is 3.00 bits per heavy atom. The third kappa shape index (κ3) is 2.95. The normalized spacial score (nSPS) is 20.8. The van der Waals surface area contributed by atoms with Crippen LogP contribution >= 0.6 is 0 Å². The van der Waals surface area contributed by atoms with E-state index < -0.39 is 0 Å². The van der Waals surface area contributed by atoms with Gasteiger partial charge in [0.1, 0.15) is 5.82 Å². The van der Waals surface area contributed by atoms with Crippen LogP contribution in [0.25, 0.3) is 0 Å². The maximum atomic E-state index is 13.5. The molecule has 3 heteroatoms. The molecule has 0 aliphatic carbocycles. The fourth-order valence-electron chi connectivity index (χ4n) is 1.96. The van der Waals surface area contributed by atoms with E-state index in [1.165, 1.54) is 6.42 Å². The Balaban J connectivity index is 1.88. The van der Waals surface area contributed by atoms with Gasteiger partial charge < -0.3 is 10.1 Å². The maximum absolute atomic E-state index is 13.5. The van der Waals surface area contributed by atoms with Gasteiger partial charge in [0.05, 0.1) is 11.8 Å². The van der Waals surface area contributed by atoms with Gasteiger partial charge in [-0.25, -0.2) is 4.39 Å². The van der Waals surface area contributed by atoms with Crippen LogP contribution in [0.3, 0.4) is 0 Å². The SMILES string of the molecule is Cc1ccc(NCC2CCCCO2)c(F)c1. The minimum absolute atomic E-state index is 0.184. The molecule has 0 saturated carbocycles. The topological polar surface area (TPSA) is 21.3 Å². The highest BCUT2D eigenvalue weighted by atomic mass is 19.1. The molecular formula is C13H18FNO. The van der Waals surface area contributed by atoms with Gasteiger partial charge in [-0.15, -0.1) is 0 Å². The number of hydrogen-bond donors (Lipinski definition) is 1. The Labute approximate surface area is 95.8 Å². The summed E-state index contributed by atoms with van der Waals surface area (Å²) in [5, 5.41) is 3.11. The number of aryl methyl sites for hydroxylation is 1. The second-order valence-corrected chi connectivity index (χ2v) is 4.35. The fraction of sp³-hybridized carbons (Fsp3) is 0.538. The van der Waals surface area contributed by atoms with Crippen molar-refractivity contribution >= 4 is 5.69 Å². The van der Waals surface area contributed by atoms with Crippen LogP contribution in [-0.4, -0.2) is 19.3 Å². The molecule has 0 radical (unpaired) electrons. The molecule has 1 N–H and O–H groups in total. The zero-order valence-electron chi connectivity index (χ0n) is 9.63. The largest absolute Gasteiger partial charge is 0.380 e. The van der Waals surface area contributed by atoms with E-state index in [1.807, 2.05) is 13.0 Å². The van der Waals surface area contributed by atoms with E-state index in [9.17, 15) is 4.39 Å². The molecule has 1 aliphatic heterocycles. The number of rotatable bonds is 3. The second-order valence-electron chi connectivity index (χ2n) is 4.35. The van der Waals surface area contributed by atoms with Crippen molar-refractivity contribution in [2.24, 2.45) is 0 Å². The number of ether oxygens (including phenoxy) is 1. The smallest absolute Gasteiger partial charge is 0.146 e. The summed E-state index contributed by atoms with van der Waals surface area (Å²) in [5.74, 6) is -0.184. The van der Waals surface area contributed by atoms with Crippen molar-refractivity contribution in [1.82, 2.24) is 0 Å². The molecule has 0 aromatic heterocycles. The van der Waals surface area contributed by atoms with E-state index in [0.717, 1.165) is 25.0 Å². The van der Waals surface area contributed by atoms with E-state index in [1.54, 1.807) is 12.1 Å². The predicted octanol–water partition coefficient (Wildman–Crippen LogP) is 3.12. The van der Waals surface area contributed by atoms with Crippen molar-refractivity contribution in [2.45, 2.75) is 32.3 Å². The average Bonchev–Trinajstić information content (AvgIpc) is 2.29. The first-order valence-corrected chi connectivity index (χ1v) is 5.87. The Kier molecular flexibility index (Phi) is 3.78. The highest BCUT2D eigenvalue weighted by Crippen LogP contribution is 2.17. The molecule has 0 spiro atoms. The molecule has 88 valence electrons. The van der Waals surface area contributed by atoms with E-state index >= 15 is 0 Å². The van der Waals surface area contributed by atoms with Gasteiger partial charge >= 0.3 is 0 Å². The summed E-state index contributed by atoms with van der Waals surface area (Å²) in [7, 11) is 0. The zero-order valence-corrected chi connectivity index (χ0v) is 9.63. The molecule has 1 unspecified atom stereocenters.